The molecule has 0 aliphatic rings. The van der Waals surface area contributed by atoms with Gasteiger partial charge in [0.1, 0.15) is 17.9 Å². The number of carbonyl (C=O) groups is 2. The summed E-state index contributed by atoms with van der Waals surface area (Å²) in [6, 6.07) is 25.9. The van der Waals surface area contributed by atoms with Crippen LogP contribution in [0.5, 0.6) is 5.75 Å². The van der Waals surface area contributed by atoms with Crippen LogP contribution in [0.2, 0.25) is 0 Å². The summed E-state index contributed by atoms with van der Waals surface area (Å²) in [6.45, 7) is 0. The van der Waals surface area contributed by atoms with Gasteiger partial charge in [0, 0.05) is 41.4 Å². The monoisotopic (exact) mass is 452 g/mol. The van der Waals surface area contributed by atoms with Crippen LogP contribution in [0, 0.1) is 0 Å². The van der Waals surface area contributed by atoms with Gasteiger partial charge in [-0.2, -0.15) is 0 Å². The van der Waals surface area contributed by atoms with E-state index in [9.17, 15) is 9.59 Å². The lowest BCUT2D eigenvalue weighted by Gasteiger charge is -2.09. The molecule has 34 heavy (non-hydrogen) atoms. The van der Waals surface area contributed by atoms with Gasteiger partial charge >= 0.3 is 0 Å². The summed E-state index contributed by atoms with van der Waals surface area (Å²) in [6.07, 6.45) is 1.76. The predicted molar refractivity (Wildman–Crippen MR) is 132 cm³/mol. The molecule has 2 N–H and O–H groups in total. The molecule has 0 atom stereocenters. The van der Waals surface area contributed by atoms with E-state index in [0.29, 0.717) is 22.8 Å². The van der Waals surface area contributed by atoms with Gasteiger partial charge in [-0.1, -0.05) is 30.3 Å². The maximum absolute atomic E-state index is 12.3. The minimum Gasteiger partial charge on any atom is -0.497 e. The normalized spacial score (nSPS) is 10.4. The molecule has 7 nitrogen and oxygen atoms in total. The van der Waals surface area contributed by atoms with Crippen LogP contribution in [0.1, 0.15) is 23.2 Å². The number of aromatic nitrogens is 2. The van der Waals surface area contributed by atoms with Crippen molar-refractivity contribution in [3.8, 4) is 17.0 Å². The second-order valence-corrected chi connectivity index (χ2v) is 7.56. The smallest absolute Gasteiger partial charge is 0.224 e. The van der Waals surface area contributed by atoms with E-state index >= 15 is 0 Å². The highest BCUT2D eigenvalue weighted by Crippen LogP contribution is 2.22. The molecule has 1 amide bonds. The summed E-state index contributed by atoms with van der Waals surface area (Å²) in [5.41, 5.74) is 3.87. The number of methoxy groups -OCH3 is 1. The van der Waals surface area contributed by atoms with E-state index in [-0.39, 0.29) is 24.5 Å². The molecule has 170 valence electrons. The van der Waals surface area contributed by atoms with Gasteiger partial charge in [-0.15, -0.1) is 0 Å². The first kappa shape index (κ1) is 22.7. The summed E-state index contributed by atoms with van der Waals surface area (Å²) < 4.78 is 5.09. The Morgan fingerprint density at radius 1 is 0.824 bits per heavy atom. The van der Waals surface area contributed by atoms with Crippen LogP contribution in [0.3, 0.4) is 0 Å². The van der Waals surface area contributed by atoms with Gasteiger partial charge in [0.2, 0.25) is 5.91 Å². The average Bonchev–Trinajstić information content (AvgIpc) is 2.89. The number of Topliss-reactive ketones (excluding diaryl/α,β-unsaturated/α-hetero) is 1. The average molecular weight is 453 g/mol. The lowest BCUT2D eigenvalue weighted by Crippen LogP contribution is -2.13. The second kappa shape index (κ2) is 10.9. The number of ether oxygens (including phenoxy) is 1. The van der Waals surface area contributed by atoms with Crippen LogP contribution in [-0.4, -0.2) is 28.8 Å². The maximum Gasteiger partial charge on any atom is 0.224 e. The molecular weight excluding hydrogens is 428 g/mol. The molecule has 4 rings (SSSR count). The fourth-order valence-electron chi connectivity index (χ4n) is 3.35. The lowest BCUT2D eigenvalue weighted by molar-refractivity contribution is -0.116. The van der Waals surface area contributed by atoms with E-state index in [0.717, 1.165) is 16.9 Å². The number of nitrogens with one attached hydrogen (secondary N) is 2. The van der Waals surface area contributed by atoms with E-state index in [1.165, 1.54) is 6.33 Å². The molecule has 0 radical (unpaired) electrons. The Labute approximate surface area is 197 Å². The molecule has 0 saturated heterocycles. The first-order chi connectivity index (χ1) is 16.6. The first-order valence-corrected chi connectivity index (χ1v) is 10.8. The molecule has 4 aromatic rings. The summed E-state index contributed by atoms with van der Waals surface area (Å²) in [4.78, 5) is 33.2. The van der Waals surface area contributed by atoms with E-state index in [1.54, 1.807) is 43.5 Å². The Hall–Kier alpha value is -4.52. The lowest BCUT2D eigenvalue weighted by atomic mass is 10.1. The Morgan fingerprint density at radius 3 is 2.24 bits per heavy atom. The van der Waals surface area contributed by atoms with E-state index in [1.807, 2.05) is 48.5 Å². The maximum atomic E-state index is 12.3. The van der Waals surface area contributed by atoms with Crippen molar-refractivity contribution in [2.45, 2.75) is 12.8 Å². The molecule has 0 aliphatic heterocycles. The van der Waals surface area contributed by atoms with Crippen molar-refractivity contribution in [2.24, 2.45) is 0 Å². The number of rotatable bonds is 9. The van der Waals surface area contributed by atoms with E-state index in [2.05, 4.69) is 20.6 Å². The zero-order chi connectivity index (χ0) is 23.8. The number of ketones is 1. The molecule has 0 unspecified atom stereocenters. The van der Waals surface area contributed by atoms with Gasteiger partial charge in [-0.3, -0.25) is 9.59 Å². The van der Waals surface area contributed by atoms with Crippen molar-refractivity contribution in [2.75, 3.05) is 17.7 Å². The number of hydrogen-bond donors (Lipinski definition) is 2. The molecule has 1 heterocycles. The molecule has 0 fully saturated rings. The third kappa shape index (κ3) is 6.04. The van der Waals surface area contributed by atoms with Gasteiger partial charge in [0.05, 0.1) is 12.8 Å². The second-order valence-electron chi connectivity index (χ2n) is 7.56. The van der Waals surface area contributed by atoms with Crippen molar-refractivity contribution in [1.82, 2.24) is 9.97 Å². The molecular formula is C27H24N4O3. The van der Waals surface area contributed by atoms with Crippen molar-refractivity contribution in [3.63, 3.8) is 0 Å². The third-order valence-corrected chi connectivity index (χ3v) is 5.17. The Bertz CT molecular complexity index is 1260. The van der Waals surface area contributed by atoms with Crippen LogP contribution in [0.4, 0.5) is 17.2 Å². The van der Waals surface area contributed by atoms with Gasteiger partial charge in [0.25, 0.3) is 0 Å². The van der Waals surface area contributed by atoms with E-state index < -0.39 is 0 Å². The number of nitrogens with zero attached hydrogens (tertiary/aromatic N) is 2. The highest BCUT2D eigenvalue weighted by atomic mass is 16.5. The van der Waals surface area contributed by atoms with Crippen molar-refractivity contribution >= 4 is 28.9 Å². The molecule has 0 saturated carbocycles. The highest BCUT2D eigenvalue weighted by molar-refractivity contribution is 6.00. The number of hydrogen-bond acceptors (Lipinski definition) is 6. The molecule has 0 spiro atoms. The molecule has 0 aliphatic carbocycles. The van der Waals surface area contributed by atoms with Crippen LogP contribution in [0.25, 0.3) is 11.3 Å². The minimum absolute atomic E-state index is 0.0860. The fourth-order valence-corrected chi connectivity index (χ4v) is 3.35. The summed E-state index contributed by atoms with van der Waals surface area (Å²) in [5.74, 6) is 1.05. The van der Waals surface area contributed by atoms with Crippen LogP contribution in [-0.2, 0) is 4.79 Å². The molecule has 3 aromatic carbocycles. The third-order valence-electron chi connectivity index (χ3n) is 5.17. The van der Waals surface area contributed by atoms with Crippen LogP contribution >= 0.6 is 0 Å². The van der Waals surface area contributed by atoms with Crippen LogP contribution in [0.15, 0.2) is 91.3 Å². The predicted octanol–water partition coefficient (Wildman–Crippen LogP) is 5.50. The van der Waals surface area contributed by atoms with Crippen LogP contribution < -0.4 is 15.4 Å². The summed E-state index contributed by atoms with van der Waals surface area (Å²) in [7, 11) is 1.57. The van der Waals surface area contributed by atoms with E-state index in [4.69, 9.17) is 4.74 Å². The number of amides is 1. The van der Waals surface area contributed by atoms with Crippen molar-refractivity contribution in [1.29, 1.82) is 0 Å². The largest absolute Gasteiger partial charge is 0.497 e. The molecule has 1 aromatic heterocycles. The Kier molecular flexibility index (Phi) is 7.25. The topological polar surface area (TPSA) is 93.2 Å². The zero-order valence-corrected chi connectivity index (χ0v) is 18.7. The highest BCUT2D eigenvalue weighted by Gasteiger charge is 2.10. The summed E-state index contributed by atoms with van der Waals surface area (Å²) in [5, 5.41) is 6.07. The Balaban J connectivity index is 1.29. The zero-order valence-electron chi connectivity index (χ0n) is 18.7. The SMILES string of the molecule is COc1ccc(C(=O)CCC(=O)Nc2ccc(Nc3cc(-c4ccccc4)ncn3)cc2)cc1. The number of benzene rings is 3. The fraction of sp³-hybridized carbons (Fsp3) is 0.111. The molecule has 7 heteroatoms. The van der Waals surface area contributed by atoms with Crippen molar-refractivity contribution < 1.29 is 14.3 Å². The number of carbonyl (C=O) groups excluding carboxylic acids is 2. The quantitative estimate of drug-likeness (QED) is 0.326. The first-order valence-electron chi connectivity index (χ1n) is 10.8. The van der Waals surface area contributed by atoms with Gasteiger partial charge in [-0.05, 0) is 48.5 Å². The van der Waals surface area contributed by atoms with Gasteiger partial charge in [0.15, 0.2) is 5.78 Å². The minimum atomic E-state index is -0.217. The van der Waals surface area contributed by atoms with Gasteiger partial charge < -0.3 is 15.4 Å². The summed E-state index contributed by atoms with van der Waals surface area (Å²) >= 11 is 0. The van der Waals surface area contributed by atoms with Crippen molar-refractivity contribution in [3.05, 3.63) is 96.8 Å². The van der Waals surface area contributed by atoms with Gasteiger partial charge in [-0.25, -0.2) is 9.97 Å². The Morgan fingerprint density at radius 2 is 1.53 bits per heavy atom. The standard InChI is InChI=1S/C27H24N4O3/c1-34-23-13-7-20(8-14-23)25(32)15-16-27(33)31-22-11-9-21(10-12-22)30-26-17-24(28-18-29-26)19-5-3-2-4-6-19/h2-14,17-18H,15-16H2,1H3,(H,31,33)(H,28,29,30). The molecule has 0 bridgehead atoms. The number of anilines is 3.